The Hall–Kier alpha value is -1.88. The van der Waals surface area contributed by atoms with E-state index in [2.05, 4.69) is 0 Å². The highest BCUT2D eigenvalue weighted by atomic mass is 19.4. The minimum Gasteiger partial charge on any atom is -0.318 e. The van der Waals surface area contributed by atoms with Gasteiger partial charge in [0, 0.05) is 0 Å². The summed E-state index contributed by atoms with van der Waals surface area (Å²) in [6, 6.07) is 9.15. The summed E-state index contributed by atoms with van der Waals surface area (Å²) in [6.07, 6.45) is -4.40. The molecule has 2 rings (SSSR count). The lowest BCUT2D eigenvalue weighted by Gasteiger charge is -2.28. The first-order chi connectivity index (χ1) is 9.62. The number of nitrogens with two attached hydrogens (primary N) is 1. The van der Waals surface area contributed by atoms with Gasteiger partial charge in [0.1, 0.15) is 5.82 Å². The molecule has 0 bridgehead atoms. The lowest BCUT2D eigenvalue weighted by Crippen LogP contribution is -2.35. The smallest absolute Gasteiger partial charge is 0.318 e. The zero-order valence-electron chi connectivity index (χ0n) is 11.6. The van der Waals surface area contributed by atoms with E-state index in [-0.39, 0.29) is 0 Å². The molecule has 0 aliphatic carbocycles. The fourth-order valence-corrected chi connectivity index (χ4v) is 2.39. The van der Waals surface area contributed by atoms with Crippen molar-refractivity contribution in [1.82, 2.24) is 0 Å². The zero-order chi connectivity index (χ0) is 15.8. The second-order valence-electron chi connectivity index (χ2n) is 5.24. The molecule has 0 spiro atoms. The van der Waals surface area contributed by atoms with Gasteiger partial charge in [0.15, 0.2) is 0 Å². The fraction of sp³-hybridized carbons (Fsp3) is 0.250. The number of rotatable bonds is 2. The van der Waals surface area contributed by atoms with Crippen molar-refractivity contribution < 1.29 is 17.6 Å². The number of hydrogen-bond acceptors (Lipinski definition) is 1. The molecule has 0 aromatic heterocycles. The van der Waals surface area contributed by atoms with Gasteiger partial charge in [0.2, 0.25) is 0 Å². The van der Waals surface area contributed by atoms with Gasteiger partial charge in [-0.2, -0.15) is 13.2 Å². The van der Waals surface area contributed by atoms with Gasteiger partial charge in [-0.15, -0.1) is 0 Å². The van der Waals surface area contributed by atoms with E-state index in [1.165, 1.54) is 24.3 Å². The molecule has 0 aliphatic rings. The minimum atomic E-state index is -4.40. The second-order valence-corrected chi connectivity index (χ2v) is 5.24. The Morgan fingerprint density at radius 2 is 1.62 bits per heavy atom. The summed E-state index contributed by atoms with van der Waals surface area (Å²) < 4.78 is 51.4. The van der Waals surface area contributed by atoms with E-state index in [1.807, 2.05) is 0 Å². The van der Waals surface area contributed by atoms with Gasteiger partial charge < -0.3 is 5.73 Å². The Bertz CT molecular complexity index is 660. The normalized spacial score (nSPS) is 14.8. The van der Waals surface area contributed by atoms with E-state index in [0.717, 1.165) is 12.1 Å². The Kier molecular flexibility index (Phi) is 3.80. The van der Waals surface area contributed by atoms with Crippen LogP contribution in [-0.2, 0) is 11.7 Å². The van der Waals surface area contributed by atoms with Crippen LogP contribution in [0.25, 0.3) is 0 Å². The monoisotopic (exact) mass is 297 g/mol. The zero-order valence-corrected chi connectivity index (χ0v) is 11.6. The van der Waals surface area contributed by atoms with Gasteiger partial charge in [0.25, 0.3) is 0 Å². The van der Waals surface area contributed by atoms with Crippen molar-refractivity contribution in [3.8, 4) is 0 Å². The Balaban J connectivity index is 2.50. The number of alkyl halides is 3. The van der Waals surface area contributed by atoms with E-state index >= 15 is 0 Å². The van der Waals surface area contributed by atoms with Crippen LogP contribution in [0.4, 0.5) is 17.6 Å². The van der Waals surface area contributed by atoms with E-state index < -0.39 is 23.1 Å². The highest BCUT2D eigenvalue weighted by Crippen LogP contribution is 2.34. The quantitative estimate of drug-likeness (QED) is 0.818. The van der Waals surface area contributed by atoms with Crippen molar-refractivity contribution in [3.63, 3.8) is 0 Å². The summed E-state index contributed by atoms with van der Waals surface area (Å²) in [6.45, 7) is 3.21. The van der Waals surface area contributed by atoms with E-state index in [9.17, 15) is 17.6 Å². The molecule has 0 fully saturated rings. The van der Waals surface area contributed by atoms with Crippen LogP contribution in [0.5, 0.6) is 0 Å². The first-order valence-corrected chi connectivity index (χ1v) is 6.35. The van der Waals surface area contributed by atoms with Gasteiger partial charge in [-0.05, 0) is 54.8 Å². The lowest BCUT2D eigenvalue weighted by molar-refractivity contribution is -0.137. The Labute approximate surface area is 120 Å². The van der Waals surface area contributed by atoms with Crippen molar-refractivity contribution in [2.45, 2.75) is 25.6 Å². The van der Waals surface area contributed by atoms with Crippen LogP contribution in [0.3, 0.4) is 0 Å². The van der Waals surface area contributed by atoms with Crippen LogP contribution in [0.15, 0.2) is 42.5 Å². The van der Waals surface area contributed by atoms with E-state index in [0.29, 0.717) is 16.7 Å². The topological polar surface area (TPSA) is 26.0 Å². The molecule has 112 valence electrons. The molecule has 1 nitrogen and oxygen atoms in total. The van der Waals surface area contributed by atoms with Crippen molar-refractivity contribution in [3.05, 3.63) is 70.5 Å². The maximum absolute atomic E-state index is 13.3. The van der Waals surface area contributed by atoms with Crippen molar-refractivity contribution >= 4 is 0 Å². The third-order valence-electron chi connectivity index (χ3n) is 3.54. The third kappa shape index (κ3) is 3.08. The average molecular weight is 297 g/mol. The maximum atomic E-state index is 13.3. The highest BCUT2D eigenvalue weighted by molar-refractivity contribution is 5.43. The lowest BCUT2D eigenvalue weighted by atomic mass is 9.82. The van der Waals surface area contributed by atoms with Crippen molar-refractivity contribution in [1.29, 1.82) is 0 Å². The molecular formula is C16H15F4N. The Morgan fingerprint density at radius 3 is 2.14 bits per heavy atom. The molecule has 0 saturated heterocycles. The van der Waals surface area contributed by atoms with E-state index in [4.69, 9.17) is 5.73 Å². The first kappa shape index (κ1) is 15.5. The number of aryl methyl sites for hydroxylation is 1. The summed E-state index contributed by atoms with van der Waals surface area (Å²) >= 11 is 0. The molecule has 1 unspecified atom stereocenters. The van der Waals surface area contributed by atoms with Gasteiger partial charge in [0.05, 0.1) is 11.1 Å². The molecular weight excluding hydrogens is 282 g/mol. The first-order valence-electron chi connectivity index (χ1n) is 6.35. The predicted octanol–water partition coefficient (Wildman–Crippen LogP) is 4.38. The van der Waals surface area contributed by atoms with Gasteiger partial charge in [-0.3, -0.25) is 0 Å². The minimum absolute atomic E-state index is 0.416. The number of benzene rings is 2. The number of halogens is 4. The largest absolute Gasteiger partial charge is 0.416 e. The van der Waals surface area contributed by atoms with Gasteiger partial charge in [-0.25, -0.2) is 4.39 Å². The summed E-state index contributed by atoms with van der Waals surface area (Å²) in [5, 5.41) is 0. The summed E-state index contributed by atoms with van der Waals surface area (Å²) in [4.78, 5) is 0. The molecule has 0 radical (unpaired) electrons. The molecule has 1 atom stereocenters. The van der Waals surface area contributed by atoms with Gasteiger partial charge in [-0.1, -0.05) is 18.2 Å². The summed E-state index contributed by atoms with van der Waals surface area (Å²) in [5.41, 5.74) is 5.89. The second kappa shape index (κ2) is 5.15. The molecule has 21 heavy (non-hydrogen) atoms. The molecule has 0 saturated carbocycles. The third-order valence-corrected chi connectivity index (χ3v) is 3.54. The average Bonchev–Trinajstić information content (AvgIpc) is 2.37. The van der Waals surface area contributed by atoms with Crippen LogP contribution in [0.2, 0.25) is 0 Å². The maximum Gasteiger partial charge on any atom is 0.416 e. The fourth-order valence-electron chi connectivity index (χ4n) is 2.39. The molecule has 2 aromatic carbocycles. The molecule has 2 aromatic rings. The van der Waals surface area contributed by atoms with Crippen LogP contribution < -0.4 is 5.73 Å². The standard InChI is InChI=1S/C16H15F4N/c1-10-8-12(16(18,19)20)6-7-14(10)15(2,21)11-4-3-5-13(17)9-11/h3-9H,21H2,1-2H3. The number of hydrogen-bond donors (Lipinski definition) is 1. The van der Waals surface area contributed by atoms with Crippen LogP contribution in [-0.4, -0.2) is 0 Å². The predicted molar refractivity (Wildman–Crippen MR) is 73.2 cm³/mol. The summed E-state index contributed by atoms with van der Waals surface area (Å²) in [7, 11) is 0. The molecule has 0 aliphatic heterocycles. The van der Waals surface area contributed by atoms with E-state index in [1.54, 1.807) is 19.9 Å². The van der Waals surface area contributed by atoms with Crippen LogP contribution in [0, 0.1) is 12.7 Å². The molecule has 0 heterocycles. The Morgan fingerprint density at radius 1 is 0.952 bits per heavy atom. The van der Waals surface area contributed by atoms with Crippen LogP contribution >= 0.6 is 0 Å². The van der Waals surface area contributed by atoms with Gasteiger partial charge >= 0.3 is 6.18 Å². The molecule has 2 N–H and O–H groups in total. The van der Waals surface area contributed by atoms with Crippen molar-refractivity contribution in [2.24, 2.45) is 5.73 Å². The highest BCUT2D eigenvalue weighted by Gasteiger charge is 2.32. The molecule has 5 heteroatoms. The summed E-state index contributed by atoms with van der Waals surface area (Å²) in [5.74, 6) is -0.436. The van der Waals surface area contributed by atoms with Crippen molar-refractivity contribution in [2.75, 3.05) is 0 Å². The molecule has 0 amide bonds. The van der Waals surface area contributed by atoms with Crippen LogP contribution in [0.1, 0.15) is 29.2 Å². The SMILES string of the molecule is Cc1cc(C(F)(F)F)ccc1C(C)(N)c1cccc(F)c1.